The number of hydrogen-bond donors (Lipinski definition) is 1. The van der Waals surface area contributed by atoms with Gasteiger partial charge in [-0.2, -0.15) is 0 Å². The molecule has 0 atom stereocenters. The third kappa shape index (κ3) is 3.33. The summed E-state index contributed by atoms with van der Waals surface area (Å²) in [7, 11) is 0. The van der Waals surface area contributed by atoms with Crippen LogP contribution in [0.3, 0.4) is 0 Å². The fourth-order valence-electron chi connectivity index (χ4n) is 2.28. The van der Waals surface area contributed by atoms with Gasteiger partial charge in [-0.25, -0.2) is 0 Å². The van der Waals surface area contributed by atoms with E-state index in [4.69, 9.17) is 5.11 Å². The van der Waals surface area contributed by atoms with Crippen molar-refractivity contribution in [2.45, 2.75) is 38.6 Å². The summed E-state index contributed by atoms with van der Waals surface area (Å²) in [6.07, 6.45) is 3.52. The lowest BCUT2D eigenvalue weighted by Gasteiger charge is -2.21. The van der Waals surface area contributed by atoms with Crippen LogP contribution in [-0.4, -0.2) is 35.1 Å². The summed E-state index contributed by atoms with van der Waals surface area (Å²) in [5, 5.41) is 9.00. The Labute approximate surface area is 108 Å². The standard InChI is InChI=1S/C15H21NO2/c1-12-4-2-3-5-13(12)6-9-15(18)16(10-11-17)14-7-8-14/h2-5,14,17H,6-11H2,1H3. The van der Waals surface area contributed by atoms with Crippen LogP contribution >= 0.6 is 0 Å². The Bertz CT molecular complexity index is 413. The fourth-order valence-corrected chi connectivity index (χ4v) is 2.28. The summed E-state index contributed by atoms with van der Waals surface area (Å²) in [5.41, 5.74) is 2.48. The molecule has 0 unspecified atom stereocenters. The lowest BCUT2D eigenvalue weighted by atomic mass is 10.0. The van der Waals surface area contributed by atoms with E-state index < -0.39 is 0 Å². The fraction of sp³-hybridized carbons (Fsp3) is 0.533. The molecule has 0 radical (unpaired) electrons. The second-order valence-electron chi connectivity index (χ2n) is 4.97. The quantitative estimate of drug-likeness (QED) is 0.834. The third-order valence-corrected chi connectivity index (χ3v) is 3.52. The van der Waals surface area contributed by atoms with E-state index in [9.17, 15) is 4.79 Å². The zero-order valence-electron chi connectivity index (χ0n) is 10.9. The van der Waals surface area contributed by atoms with Crippen LogP contribution in [0.25, 0.3) is 0 Å². The second kappa shape index (κ2) is 6.01. The molecular formula is C15H21NO2. The highest BCUT2D eigenvalue weighted by atomic mass is 16.3. The van der Waals surface area contributed by atoms with Crippen molar-refractivity contribution < 1.29 is 9.90 Å². The van der Waals surface area contributed by atoms with Crippen LogP contribution in [0.2, 0.25) is 0 Å². The molecule has 98 valence electrons. The van der Waals surface area contributed by atoms with Gasteiger partial charge in [-0.3, -0.25) is 4.79 Å². The lowest BCUT2D eigenvalue weighted by Crippen LogP contribution is -2.35. The number of carbonyl (C=O) groups excluding carboxylic acids is 1. The molecule has 3 nitrogen and oxygen atoms in total. The van der Waals surface area contributed by atoms with Crippen LogP contribution in [0, 0.1) is 6.92 Å². The van der Waals surface area contributed by atoms with Gasteiger partial charge in [0.2, 0.25) is 5.91 Å². The third-order valence-electron chi connectivity index (χ3n) is 3.52. The minimum absolute atomic E-state index is 0.0621. The van der Waals surface area contributed by atoms with Gasteiger partial charge in [0.1, 0.15) is 0 Å². The first-order chi connectivity index (χ1) is 8.72. The SMILES string of the molecule is Cc1ccccc1CCC(=O)N(CCO)C1CC1. The molecule has 0 bridgehead atoms. The predicted molar refractivity (Wildman–Crippen MR) is 71.3 cm³/mol. The highest BCUT2D eigenvalue weighted by Gasteiger charge is 2.31. The summed E-state index contributed by atoms with van der Waals surface area (Å²) in [4.78, 5) is 14.0. The number of aryl methyl sites for hydroxylation is 2. The van der Waals surface area contributed by atoms with Crippen molar-refractivity contribution in [3.05, 3.63) is 35.4 Å². The van der Waals surface area contributed by atoms with E-state index in [0.717, 1.165) is 19.3 Å². The number of aliphatic hydroxyl groups is 1. The van der Waals surface area contributed by atoms with Gasteiger partial charge < -0.3 is 10.0 Å². The monoisotopic (exact) mass is 247 g/mol. The molecule has 1 aliphatic carbocycles. The van der Waals surface area contributed by atoms with E-state index >= 15 is 0 Å². The Morgan fingerprint density at radius 3 is 2.72 bits per heavy atom. The molecule has 0 aliphatic heterocycles. The van der Waals surface area contributed by atoms with Crippen molar-refractivity contribution in [1.29, 1.82) is 0 Å². The molecule has 0 saturated heterocycles. The first-order valence-corrected chi connectivity index (χ1v) is 6.67. The van der Waals surface area contributed by atoms with Crippen LogP contribution in [0.5, 0.6) is 0 Å². The van der Waals surface area contributed by atoms with Gasteiger partial charge in [0.15, 0.2) is 0 Å². The van der Waals surface area contributed by atoms with Crippen molar-refractivity contribution >= 4 is 5.91 Å². The van der Waals surface area contributed by atoms with E-state index in [1.807, 2.05) is 17.0 Å². The van der Waals surface area contributed by atoms with Crippen LogP contribution in [0.4, 0.5) is 0 Å². The molecule has 0 heterocycles. The van der Waals surface area contributed by atoms with Gasteiger partial charge >= 0.3 is 0 Å². The van der Waals surface area contributed by atoms with Gasteiger partial charge in [-0.1, -0.05) is 24.3 Å². The Kier molecular flexibility index (Phi) is 4.37. The highest BCUT2D eigenvalue weighted by molar-refractivity contribution is 5.77. The highest BCUT2D eigenvalue weighted by Crippen LogP contribution is 2.27. The van der Waals surface area contributed by atoms with E-state index in [0.29, 0.717) is 19.0 Å². The van der Waals surface area contributed by atoms with Gasteiger partial charge in [-0.05, 0) is 37.3 Å². The van der Waals surface area contributed by atoms with E-state index in [2.05, 4.69) is 19.1 Å². The molecule has 1 aliphatic rings. The number of aliphatic hydroxyl groups excluding tert-OH is 1. The predicted octanol–water partition coefficient (Wildman–Crippen LogP) is 1.91. The number of nitrogens with zero attached hydrogens (tertiary/aromatic N) is 1. The molecule has 1 aromatic rings. The maximum absolute atomic E-state index is 12.1. The van der Waals surface area contributed by atoms with Crippen LogP contribution in [-0.2, 0) is 11.2 Å². The molecule has 1 fully saturated rings. The molecule has 1 saturated carbocycles. The van der Waals surface area contributed by atoms with Crippen molar-refractivity contribution in [1.82, 2.24) is 4.90 Å². The Balaban J connectivity index is 1.89. The van der Waals surface area contributed by atoms with Gasteiger partial charge in [0, 0.05) is 19.0 Å². The Hall–Kier alpha value is -1.35. The Morgan fingerprint density at radius 2 is 2.11 bits per heavy atom. The second-order valence-corrected chi connectivity index (χ2v) is 4.97. The van der Waals surface area contributed by atoms with Gasteiger partial charge in [-0.15, -0.1) is 0 Å². The first kappa shape index (κ1) is 13.1. The van der Waals surface area contributed by atoms with Crippen LogP contribution < -0.4 is 0 Å². The molecule has 0 spiro atoms. The topological polar surface area (TPSA) is 40.5 Å². The summed E-state index contributed by atoms with van der Waals surface area (Å²) in [5.74, 6) is 0.176. The van der Waals surface area contributed by atoms with Crippen molar-refractivity contribution in [3.8, 4) is 0 Å². The number of carbonyl (C=O) groups is 1. The average molecular weight is 247 g/mol. The van der Waals surface area contributed by atoms with Crippen molar-refractivity contribution in [2.24, 2.45) is 0 Å². The molecule has 3 heteroatoms. The zero-order valence-corrected chi connectivity index (χ0v) is 10.9. The lowest BCUT2D eigenvalue weighted by molar-refractivity contribution is -0.132. The Morgan fingerprint density at radius 1 is 1.39 bits per heavy atom. The molecule has 1 aromatic carbocycles. The molecule has 18 heavy (non-hydrogen) atoms. The smallest absolute Gasteiger partial charge is 0.223 e. The van der Waals surface area contributed by atoms with Crippen molar-refractivity contribution in [3.63, 3.8) is 0 Å². The number of hydrogen-bond acceptors (Lipinski definition) is 2. The van der Waals surface area contributed by atoms with E-state index in [1.54, 1.807) is 0 Å². The molecule has 2 rings (SSSR count). The average Bonchev–Trinajstić information content (AvgIpc) is 3.19. The summed E-state index contributed by atoms with van der Waals surface area (Å²) < 4.78 is 0. The number of amides is 1. The number of rotatable bonds is 6. The van der Waals surface area contributed by atoms with E-state index in [-0.39, 0.29) is 12.5 Å². The largest absolute Gasteiger partial charge is 0.395 e. The van der Waals surface area contributed by atoms with Crippen LogP contribution in [0.15, 0.2) is 24.3 Å². The maximum atomic E-state index is 12.1. The van der Waals surface area contributed by atoms with E-state index in [1.165, 1.54) is 11.1 Å². The van der Waals surface area contributed by atoms with Crippen LogP contribution in [0.1, 0.15) is 30.4 Å². The summed E-state index contributed by atoms with van der Waals surface area (Å²) in [6.45, 7) is 2.62. The van der Waals surface area contributed by atoms with Gasteiger partial charge in [0.25, 0.3) is 0 Å². The summed E-state index contributed by atoms with van der Waals surface area (Å²) >= 11 is 0. The van der Waals surface area contributed by atoms with Gasteiger partial charge in [0.05, 0.1) is 6.61 Å². The zero-order chi connectivity index (χ0) is 13.0. The first-order valence-electron chi connectivity index (χ1n) is 6.67. The molecule has 0 aromatic heterocycles. The minimum atomic E-state index is 0.0621. The minimum Gasteiger partial charge on any atom is -0.395 e. The normalized spacial score (nSPS) is 14.6. The van der Waals surface area contributed by atoms with Crippen molar-refractivity contribution in [2.75, 3.05) is 13.2 Å². The molecule has 1 amide bonds. The molecular weight excluding hydrogens is 226 g/mol. The maximum Gasteiger partial charge on any atom is 0.223 e. The number of benzene rings is 1. The summed E-state index contributed by atoms with van der Waals surface area (Å²) in [6, 6.07) is 8.58. The molecule has 1 N–H and O–H groups in total.